The lowest BCUT2D eigenvalue weighted by Gasteiger charge is -2.28. The van der Waals surface area contributed by atoms with E-state index in [0.29, 0.717) is 25.9 Å². The third kappa shape index (κ3) is 3.52. The Labute approximate surface area is 147 Å². The van der Waals surface area contributed by atoms with Crippen LogP contribution in [0.4, 0.5) is 0 Å². The van der Waals surface area contributed by atoms with Gasteiger partial charge in [-0.1, -0.05) is 30.3 Å². The number of aliphatic carboxylic acids is 1. The quantitative estimate of drug-likeness (QED) is 0.899. The summed E-state index contributed by atoms with van der Waals surface area (Å²) in [6, 6.07) is 9.06. The van der Waals surface area contributed by atoms with Crippen LogP contribution in [0.25, 0.3) is 0 Å². The molecule has 0 radical (unpaired) electrons. The molecule has 2 fully saturated rings. The normalized spacial score (nSPS) is 26.0. The van der Waals surface area contributed by atoms with E-state index >= 15 is 0 Å². The molecular weight excluding hydrogens is 320 g/mol. The van der Waals surface area contributed by atoms with Crippen molar-refractivity contribution >= 4 is 17.8 Å². The molecule has 2 amide bonds. The van der Waals surface area contributed by atoms with Gasteiger partial charge in [0.05, 0.1) is 11.8 Å². The van der Waals surface area contributed by atoms with Crippen LogP contribution in [-0.2, 0) is 20.8 Å². The molecule has 25 heavy (non-hydrogen) atoms. The fourth-order valence-corrected chi connectivity index (χ4v) is 3.73. The van der Waals surface area contributed by atoms with Gasteiger partial charge in [-0.2, -0.15) is 0 Å². The maximum absolute atomic E-state index is 12.9. The van der Waals surface area contributed by atoms with Crippen LogP contribution in [0.15, 0.2) is 30.3 Å². The Balaban J connectivity index is 1.66. The number of hydrogen-bond donors (Lipinski definition) is 1. The molecule has 6 nitrogen and oxygen atoms in total. The topological polar surface area (TPSA) is 77.9 Å². The summed E-state index contributed by atoms with van der Waals surface area (Å²) < 4.78 is 0. The van der Waals surface area contributed by atoms with Crippen molar-refractivity contribution in [1.82, 2.24) is 9.80 Å². The average Bonchev–Trinajstić information content (AvgIpc) is 3.23. The number of carboxylic acids is 1. The molecule has 2 aliphatic heterocycles. The summed E-state index contributed by atoms with van der Waals surface area (Å²) >= 11 is 0. The van der Waals surface area contributed by atoms with Crippen LogP contribution < -0.4 is 0 Å². The van der Waals surface area contributed by atoms with E-state index in [9.17, 15) is 19.5 Å². The molecular formula is C19H24N2O4. The predicted molar refractivity (Wildman–Crippen MR) is 91.8 cm³/mol. The Morgan fingerprint density at radius 2 is 1.92 bits per heavy atom. The van der Waals surface area contributed by atoms with Gasteiger partial charge in [-0.3, -0.25) is 14.4 Å². The van der Waals surface area contributed by atoms with E-state index in [0.717, 1.165) is 12.0 Å². The molecule has 2 atom stereocenters. The predicted octanol–water partition coefficient (Wildman–Crippen LogP) is 1.54. The maximum atomic E-state index is 12.9. The van der Waals surface area contributed by atoms with E-state index in [1.807, 2.05) is 30.3 Å². The summed E-state index contributed by atoms with van der Waals surface area (Å²) in [5.74, 6) is -1.02. The molecule has 1 aromatic rings. The first-order valence-electron chi connectivity index (χ1n) is 8.76. The fourth-order valence-electron chi connectivity index (χ4n) is 3.73. The fraction of sp³-hybridized carbons (Fsp3) is 0.526. The number of nitrogens with zero attached hydrogens (tertiary/aromatic N) is 2. The number of rotatable bonds is 4. The van der Waals surface area contributed by atoms with Crippen molar-refractivity contribution in [3.63, 3.8) is 0 Å². The van der Waals surface area contributed by atoms with Crippen LogP contribution >= 0.6 is 0 Å². The van der Waals surface area contributed by atoms with Gasteiger partial charge in [-0.05, 0) is 31.7 Å². The van der Waals surface area contributed by atoms with Crippen molar-refractivity contribution in [2.45, 2.75) is 38.6 Å². The average molecular weight is 344 g/mol. The number of hydrogen-bond acceptors (Lipinski definition) is 3. The first-order valence-corrected chi connectivity index (χ1v) is 8.76. The highest BCUT2D eigenvalue weighted by Crippen LogP contribution is 2.32. The molecule has 3 rings (SSSR count). The van der Waals surface area contributed by atoms with Gasteiger partial charge in [0.25, 0.3) is 0 Å². The van der Waals surface area contributed by atoms with Gasteiger partial charge in [0.2, 0.25) is 11.8 Å². The van der Waals surface area contributed by atoms with E-state index in [1.165, 1.54) is 0 Å². The van der Waals surface area contributed by atoms with Crippen LogP contribution in [0.1, 0.15) is 31.7 Å². The summed E-state index contributed by atoms with van der Waals surface area (Å²) in [7, 11) is 0. The molecule has 6 heteroatoms. The van der Waals surface area contributed by atoms with Crippen LogP contribution in [-0.4, -0.2) is 58.4 Å². The molecule has 2 heterocycles. The Morgan fingerprint density at radius 3 is 2.56 bits per heavy atom. The third-order valence-electron chi connectivity index (χ3n) is 5.36. The molecule has 0 bridgehead atoms. The summed E-state index contributed by atoms with van der Waals surface area (Å²) in [6.07, 6.45) is 2.21. The minimum atomic E-state index is -0.882. The van der Waals surface area contributed by atoms with Crippen molar-refractivity contribution in [3.05, 3.63) is 35.9 Å². The van der Waals surface area contributed by atoms with Crippen molar-refractivity contribution < 1.29 is 19.5 Å². The molecule has 1 N–H and O–H groups in total. The van der Waals surface area contributed by atoms with Crippen molar-refractivity contribution in [2.24, 2.45) is 5.41 Å². The molecule has 0 spiro atoms. The van der Waals surface area contributed by atoms with Crippen molar-refractivity contribution in [1.29, 1.82) is 0 Å². The number of amides is 2. The molecule has 2 unspecified atom stereocenters. The van der Waals surface area contributed by atoms with Gasteiger partial charge in [0.1, 0.15) is 6.04 Å². The lowest BCUT2D eigenvalue weighted by atomic mass is 9.90. The second-order valence-electron chi connectivity index (χ2n) is 7.28. The molecule has 0 saturated carbocycles. The van der Waals surface area contributed by atoms with Gasteiger partial charge in [-0.15, -0.1) is 0 Å². The highest BCUT2D eigenvalue weighted by Gasteiger charge is 2.45. The molecule has 2 saturated heterocycles. The summed E-state index contributed by atoms with van der Waals surface area (Å²) in [5, 5.41) is 9.34. The number of carboxylic acid groups (broad SMARTS) is 1. The first-order chi connectivity index (χ1) is 11.9. The molecule has 1 aromatic carbocycles. The van der Waals surface area contributed by atoms with E-state index in [1.54, 1.807) is 16.7 Å². The van der Waals surface area contributed by atoms with Crippen LogP contribution in [0, 0.1) is 5.41 Å². The highest BCUT2D eigenvalue weighted by atomic mass is 16.4. The van der Waals surface area contributed by atoms with E-state index < -0.39 is 17.4 Å². The lowest BCUT2D eigenvalue weighted by molar-refractivity contribution is -0.148. The van der Waals surface area contributed by atoms with Crippen LogP contribution in [0.3, 0.4) is 0 Å². The zero-order valence-corrected chi connectivity index (χ0v) is 14.5. The summed E-state index contributed by atoms with van der Waals surface area (Å²) in [5.41, 5.74) is 0.0536. The Hall–Kier alpha value is -2.37. The number of carbonyl (C=O) groups is 3. The van der Waals surface area contributed by atoms with E-state index in [-0.39, 0.29) is 24.8 Å². The van der Waals surface area contributed by atoms with Gasteiger partial charge < -0.3 is 14.9 Å². The molecule has 134 valence electrons. The minimum Gasteiger partial charge on any atom is -0.481 e. The number of carbonyl (C=O) groups excluding carboxylic acids is 2. The summed E-state index contributed by atoms with van der Waals surface area (Å²) in [6.45, 7) is 2.93. The Bertz CT molecular complexity index is 675. The van der Waals surface area contributed by atoms with Crippen LogP contribution in [0.5, 0.6) is 0 Å². The Kier molecular flexibility index (Phi) is 4.79. The SMILES string of the molecule is CC1(C(=O)O)CCN(C(=O)C2CCCN2C(=O)Cc2ccccc2)C1. The number of likely N-dealkylation sites (tertiary alicyclic amines) is 2. The van der Waals surface area contributed by atoms with Crippen molar-refractivity contribution in [3.8, 4) is 0 Å². The van der Waals surface area contributed by atoms with E-state index in [2.05, 4.69) is 0 Å². The zero-order chi connectivity index (χ0) is 18.0. The molecule has 0 aliphatic carbocycles. The Morgan fingerprint density at radius 1 is 1.20 bits per heavy atom. The second-order valence-corrected chi connectivity index (χ2v) is 7.28. The highest BCUT2D eigenvalue weighted by molar-refractivity contribution is 5.90. The zero-order valence-electron chi connectivity index (χ0n) is 14.5. The number of benzene rings is 1. The van der Waals surface area contributed by atoms with Gasteiger partial charge in [-0.25, -0.2) is 0 Å². The van der Waals surface area contributed by atoms with Crippen molar-refractivity contribution in [2.75, 3.05) is 19.6 Å². The summed E-state index contributed by atoms with van der Waals surface area (Å²) in [4.78, 5) is 40.2. The molecule has 2 aliphatic rings. The van der Waals surface area contributed by atoms with Crippen LogP contribution in [0.2, 0.25) is 0 Å². The molecule has 0 aromatic heterocycles. The minimum absolute atomic E-state index is 0.0396. The van der Waals surface area contributed by atoms with Gasteiger partial charge >= 0.3 is 5.97 Å². The standard InChI is InChI=1S/C19H24N2O4/c1-19(18(24)25)9-11-20(13-19)17(23)15-8-5-10-21(15)16(22)12-14-6-3-2-4-7-14/h2-4,6-7,15H,5,8-13H2,1H3,(H,24,25). The largest absolute Gasteiger partial charge is 0.481 e. The maximum Gasteiger partial charge on any atom is 0.311 e. The van der Waals surface area contributed by atoms with Gasteiger partial charge in [0, 0.05) is 19.6 Å². The first kappa shape index (κ1) is 17.5. The lowest BCUT2D eigenvalue weighted by Crippen LogP contribution is -2.48. The monoisotopic (exact) mass is 344 g/mol. The van der Waals surface area contributed by atoms with E-state index in [4.69, 9.17) is 0 Å². The second kappa shape index (κ2) is 6.86. The third-order valence-corrected chi connectivity index (χ3v) is 5.36. The van der Waals surface area contributed by atoms with Gasteiger partial charge in [0.15, 0.2) is 0 Å². The smallest absolute Gasteiger partial charge is 0.311 e.